The lowest BCUT2D eigenvalue weighted by molar-refractivity contribution is -0.131. The molecular formula is C19H36N2O2. The zero-order chi connectivity index (χ0) is 16.8. The van der Waals surface area contributed by atoms with Crippen LogP contribution in [0.4, 0.5) is 0 Å². The van der Waals surface area contributed by atoms with Crippen LogP contribution in [0, 0.1) is 0 Å². The minimum atomic E-state index is -0.199. The Balaban J connectivity index is 2.05. The van der Waals surface area contributed by atoms with Crippen molar-refractivity contribution >= 4 is 11.8 Å². The van der Waals surface area contributed by atoms with Crippen molar-refractivity contribution in [3.63, 3.8) is 0 Å². The largest absolute Gasteiger partial charge is 0.370 e. The molecule has 0 atom stereocenters. The fourth-order valence-corrected chi connectivity index (χ4v) is 3.29. The summed E-state index contributed by atoms with van der Waals surface area (Å²) in [5.74, 6) is 0.162. The van der Waals surface area contributed by atoms with Gasteiger partial charge in [0.15, 0.2) is 0 Å². The molecule has 1 heterocycles. The second-order valence-electron chi connectivity index (χ2n) is 6.94. The molecule has 0 aromatic rings. The number of hydrogen-bond acceptors (Lipinski definition) is 2. The van der Waals surface area contributed by atoms with Crippen LogP contribution in [0.2, 0.25) is 0 Å². The highest BCUT2D eigenvalue weighted by Gasteiger charge is 2.13. The lowest BCUT2D eigenvalue weighted by atomic mass is 10.1. The number of hydrogen-bond donors (Lipinski definition) is 1. The first kappa shape index (κ1) is 20.0. The molecule has 134 valence electrons. The maximum Gasteiger partial charge on any atom is 0.222 e. The molecule has 0 bridgehead atoms. The number of nitrogens with two attached hydrogens (primary N) is 1. The molecule has 4 heteroatoms. The maximum absolute atomic E-state index is 12.3. The molecule has 0 aromatic heterocycles. The van der Waals surface area contributed by atoms with E-state index in [4.69, 9.17) is 5.73 Å². The molecule has 0 saturated carbocycles. The molecule has 2 N–H and O–H groups in total. The van der Waals surface area contributed by atoms with E-state index in [9.17, 15) is 9.59 Å². The average Bonchev–Trinajstić information content (AvgIpc) is 2.54. The van der Waals surface area contributed by atoms with Crippen molar-refractivity contribution in [1.29, 1.82) is 0 Å². The molecule has 1 rings (SSSR count). The third kappa shape index (κ3) is 11.2. The molecular weight excluding hydrogens is 288 g/mol. The number of primary amides is 1. The third-order valence-corrected chi connectivity index (χ3v) is 4.77. The van der Waals surface area contributed by atoms with Crippen molar-refractivity contribution in [1.82, 2.24) is 4.90 Å². The van der Waals surface area contributed by atoms with Crippen molar-refractivity contribution in [3.05, 3.63) is 0 Å². The highest BCUT2D eigenvalue weighted by Crippen LogP contribution is 2.14. The normalized spacial score (nSPS) is 17.0. The van der Waals surface area contributed by atoms with Gasteiger partial charge in [0.25, 0.3) is 0 Å². The summed E-state index contributed by atoms with van der Waals surface area (Å²) < 4.78 is 0. The van der Waals surface area contributed by atoms with Crippen LogP contribution in [0.5, 0.6) is 0 Å². The quantitative estimate of drug-likeness (QED) is 0.647. The summed E-state index contributed by atoms with van der Waals surface area (Å²) in [5.41, 5.74) is 5.12. The van der Waals surface area contributed by atoms with Gasteiger partial charge in [0.2, 0.25) is 11.8 Å². The molecule has 23 heavy (non-hydrogen) atoms. The molecule has 1 saturated heterocycles. The molecule has 0 aromatic carbocycles. The summed E-state index contributed by atoms with van der Waals surface area (Å²) >= 11 is 0. The summed E-state index contributed by atoms with van der Waals surface area (Å²) in [6, 6.07) is 0. The zero-order valence-corrected chi connectivity index (χ0v) is 14.9. The summed E-state index contributed by atoms with van der Waals surface area (Å²) in [5, 5.41) is 0. The summed E-state index contributed by atoms with van der Waals surface area (Å²) in [6.07, 6.45) is 16.5. The molecule has 0 spiro atoms. The van der Waals surface area contributed by atoms with E-state index in [1.807, 2.05) is 0 Å². The Hall–Kier alpha value is -1.06. The van der Waals surface area contributed by atoms with Gasteiger partial charge in [-0.15, -0.1) is 0 Å². The Bertz CT molecular complexity index is 321. The third-order valence-electron chi connectivity index (χ3n) is 4.77. The molecule has 1 aliphatic rings. The number of nitrogens with zero attached hydrogens (tertiary/aromatic N) is 1. The zero-order valence-electron chi connectivity index (χ0n) is 14.9. The van der Waals surface area contributed by atoms with Crippen LogP contribution < -0.4 is 5.73 Å². The predicted molar refractivity (Wildman–Crippen MR) is 95.0 cm³/mol. The van der Waals surface area contributed by atoms with Gasteiger partial charge >= 0.3 is 0 Å². The lowest BCUT2D eigenvalue weighted by Gasteiger charge is -2.24. The first-order chi connectivity index (χ1) is 11.2. The molecule has 0 aliphatic carbocycles. The molecule has 1 fully saturated rings. The highest BCUT2D eigenvalue weighted by atomic mass is 16.2. The van der Waals surface area contributed by atoms with E-state index < -0.39 is 0 Å². The first-order valence-electron chi connectivity index (χ1n) is 9.76. The smallest absolute Gasteiger partial charge is 0.222 e. The summed E-state index contributed by atoms with van der Waals surface area (Å²) in [4.78, 5) is 25.1. The summed E-state index contributed by atoms with van der Waals surface area (Å²) in [6.45, 7) is 1.93. The molecule has 0 radical (unpaired) electrons. The second kappa shape index (κ2) is 13.4. The van der Waals surface area contributed by atoms with Crippen molar-refractivity contribution in [2.24, 2.45) is 5.73 Å². The fraction of sp³-hybridized carbons (Fsp3) is 0.895. The topological polar surface area (TPSA) is 63.4 Å². The Morgan fingerprint density at radius 1 is 0.652 bits per heavy atom. The second-order valence-corrected chi connectivity index (χ2v) is 6.94. The van der Waals surface area contributed by atoms with Crippen LogP contribution >= 0.6 is 0 Å². The van der Waals surface area contributed by atoms with E-state index in [1.165, 1.54) is 44.9 Å². The van der Waals surface area contributed by atoms with E-state index in [0.29, 0.717) is 18.7 Å². The van der Waals surface area contributed by atoms with Crippen LogP contribution in [-0.2, 0) is 9.59 Å². The number of amides is 2. The van der Waals surface area contributed by atoms with Crippen LogP contribution in [0.15, 0.2) is 0 Å². The van der Waals surface area contributed by atoms with E-state index >= 15 is 0 Å². The number of unbranched alkanes of at least 4 members (excludes halogenated alkanes) is 5. The number of carbonyl (C=O) groups excluding carboxylic acids is 2. The van der Waals surface area contributed by atoms with Gasteiger partial charge in [-0.2, -0.15) is 0 Å². The van der Waals surface area contributed by atoms with Crippen molar-refractivity contribution in [2.45, 2.75) is 96.3 Å². The van der Waals surface area contributed by atoms with Gasteiger partial charge in [-0.1, -0.05) is 57.8 Å². The van der Waals surface area contributed by atoms with Crippen LogP contribution in [0.1, 0.15) is 96.3 Å². The minimum Gasteiger partial charge on any atom is -0.370 e. The van der Waals surface area contributed by atoms with Crippen LogP contribution in [0.3, 0.4) is 0 Å². The Labute approximate surface area is 142 Å². The van der Waals surface area contributed by atoms with Gasteiger partial charge in [0, 0.05) is 25.9 Å². The standard InChI is InChI=1S/C19H36N2O2/c20-18(22)14-10-6-2-3-7-11-15-19(23)21-16-12-8-4-1-5-9-13-17-21/h1-17H2,(H2,20,22). The summed E-state index contributed by atoms with van der Waals surface area (Å²) in [7, 11) is 0. The highest BCUT2D eigenvalue weighted by molar-refractivity contribution is 5.76. The van der Waals surface area contributed by atoms with Gasteiger partial charge in [0.05, 0.1) is 0 Å². The number of carbonyl (C=O) groups is 2. The van der Waals surface area contributed by atoms with Gasteiger partial charge < -0.3 is 10.6 Å². The van der Waals surface area contributed by atoms with Gasteiger partial charge in [0.1, 0.15) is 0 Å². The van der Waals surface area contributed by atoms with E-state index in [0.717, 1.165) is 51.6 Å². The van der Waals surface area contributed by atoms with Crippen molar-refractivity contribution in [3.8, 4) is 0 Å². The predicted octanol–water partition coefficient (Wildman–Crippen LogP) is 4.17. The molecule has 4 nitrogen and oxygen atoms in total. The SMILES string of the molecule is NC(=O)CCCCCCCCC(=O)N1CCCCCCCCC1. The van der Waals surface area contributed by atoms with Crippen molar-refractivity contribution in [2.75, 3.05) is 13.1 Å². The molecule has 1 aliphatic heterocycles. The Kier molecular flexibility index (Phi) is 11.6. The Morgan fingerprint density at radius 2 is 1.09 bits per heavy atom. The average molecular weight is 325 g/mol. The number of rotatable bonds is 9. The molecule has 0 unspecified atom stereocenters. The van der Waals surface area contributed by atoms with Crippen molar-refractivity contribution < 1.29 is 9.59 Å². The van der Waals surface area contributed by atoms with Gasteiger partial charge in [-0.05, 0) is 25.7 Å². The van der Waals surface area contributed by atoms with E-state index in [2.05, 4.69) is 4.90 Å². The fourth-order valence-electron chi connectivity index (χ4n) is 3.29. The first-order valence-corrected chi connectivity index (χ1v) is 9.76. The maximum atomic E-state index is 12.3. The van der Waals surface area contributed by atoms with E-state index in [-0.39, 0.29) is 5.91 Å². The molecule has 2 amide bonds. The van der Waals surface area contributed by atoms with Crippen LogP contribution in [0.25, 0.3) is 0 Å². The van der Waals surface area contributed by atoms with Gasteiger partial charge in [-0.25, -0.2) is 0 Å². The van der Waals surface area contributed by atoms with Gasteiger partial charge in [-0.3, -0.25) is 9.59 Å². The van der Waals surface area contributed by atoms with E-state index in [1.54, 1.807) is 0 Å². The lowest BCUT2D eigenvalue weighted by Crippen LogP contribution is -2.33. The monoisotopic (exact) mass is 324 g/mol. The van der Waals surface area contributed by atoms with Crippen LogP contribution in [-0.4, -0.2) is 29.8 Å². The minimum absolute atomic E-state index is 0.199. The Morgan fingerprint density at radius 3 is 1.61 bits per heavy atom.